The molecule has 0 fully saturated rings. The van der Waals surface area contributed by atoms with Gasteiger partial charge < -0.3 is 26.0 Å². The van der Waals surface area contributed by atoms with Crippen LogP contribution in [0.2, 0.25) is 0 Å². The van der Waals surface area contributed by atoms with Crippen LogP contribution >= 0.6 is 11.8 Å². The van der Waals surface area contributed by atoms with Crippen molar-refractivity contribution in [1.82, 2.24) is 10.6 Å². The third-order valence-corrected chi connectivity index (χ3v) is 4.91. The predicted octanol–water partition coefficient (Wildman–Crippen LogP) is 0.222. The number of hydrogen-bond donors (Lipinski definition) is 5. The number of carboxylic acid groups (broad SMARTS) is 1. The molecule has 9 heteroatoms. The number of hydrogen-bond acceptors (Lipinski definition) is 6. The topological polar surface area (TPSA) is 136 Å². The molecule has 0 rings (SSSR count). The highest BCUT2D eigenvalue weighted by Gasteiger charge is 2.32. The van der Waals surface area contributed by atoms with Gasteiger partial charge in [-0.3, -0.25) is 14.4 Å². The quantitative estimate of drug-likeness (QED) is 0.267. The lowest BCUT2D eigenvalue weighted by Crippen LogP contribution is -2.46. The lowest BCUT2D eigenvalue weighted by atomic mass is 9.87. The van der Waals surface area contributed by atoms with Gasteiger partial charge in [0.25, 0.3) is 0 Å². The van der Waals surface area contributed by atoms with Crippen molar-refractivity contribution in [3.63, 3.8) is 0 Å². The molecule has 0 saturated carbocycles. The zero-order chi connectivity index (χ0) is 20.2. The first kappa shape index (κ1) is 24.7. The Labute approximate surface area is 159 Å². The average Bonchev–Trinajstić information content (AvgIpc) is 2.56. The number of thioether (sulfide) groups is 1. The summed E-state index contributed by atoms with van der Waals surface area (Å²) in [4.78, 5) is 34.0. The van der Waals surface area contributed by atoms with E-state index in [4.69, 9.17) is 10.2 Å². The summed E-state index contributed by atoms with van der Waals surface area (Å²) in [5.74, 6) is 0.141. The number of amides is 2. The number of aliphatic hydroxyl groups excluding tert-OH is 2. The number of carbonyl (C=O) groups excluding carboxylic acids is 2. The molecule has 0 heterocycles. The molecule has 2 amide bonds. The first-order valence-electron chi connectivity index (χ1n) is 8.73. The van der Waals surface area contributed by atoms with Crippen LogP contribution in [0.25, 0.3) is 0 Å². The summed E-state index contributed by atoms with van der Waals surface area (Å²) in [5.41, 5.74) is -0.939. The van der Waals surface area contributed by atoms with Crippen molar-refractivity contribution in [2.45, 2.75) is 46.1 Å². The number of carboxylic acids is 1. The third kappa shape index (κ3) is 11.3. The second-order valence-electron chi connectivity index (χ2n) is 7.04. The van der Waals surface area contributed by atoms with E-state index in [-0.39, 0.29) is 37.8 Å². The van der Waals surface area contributed by atoms with E-state index in [1.54, 1.807) is 25.6 Å². The van der Waals surface area contributed by atoms with Gasteiger partial charge >= 0.3 is 5.97 Å². The minimum absolute atomic E-state index is 0.109. The minimum Gasteiger partial charge on any atom is -0.481 e. The van der Waals surface area contributed by atoms with E-state index < -0.39 is 23.4 Å². The van der Waals surface area contributed by atoms with Crippen LogP contribution in [0.4, 0.5) is 0 Å². The van der Waals surface area contributed by atoms with Crippen molar-refractivity contribution in [3.8, 4) is 0 Å². The molecule has 152 valence electrons. The van der Waals surface area contributed by atoms with Crippen LogP contribution in [0.1, 0.15) is 40.0 Å². The summed E-state index contributed by atoms with van der Waals surface area (Å²) >= 11 is 1.65. The molecule has 0 saturated heterocycles. The van der Waals surface area contributed by atoms with Crippen molar-refractivity contribution in [2.24, 2.45) is 11.3 Å². The highest BCUT2D eigenvalue weighted by Crippen LogP contribution is 2.19. The maximum atomic E-state index is 11.7. The summed E-state index contributed by atoms with van der Waals surface area (Å²) in [6.07, 6.45) is -0.231. The molecule has 26 heavy (non-hydrogen) atoms. The van der Waals surface area contributed by atoms with Gasteiger partial charge in [-0.25, -0.2) is 0 Å². The molecule has 0 aromatic carbocycles. The molecule has 2 unspecified atom stereocenters. The van der Waals surface area contributed by atoms with Crippen LogP contribution in [0.5, 0.6) is 0 Å². The Kier molecular flexibility index (Phi) is 12.3. The van der Waals surface area contributed by atoms with Gasteiger partial charge in [0.05, 0.1) is 6.61 Å². The Morgan fingerprint density at radius 1 is 1.12 bits per heavy atom. The van der Waals surface area contributed by atoms with E-state index in [2.05, 4.69) is 10.6 Å². The van der Waals surface area contributed by atoms with Crippen molar-refractivity contribution >= 4 is 29.5 Å². The molecular formula is C17H32N2O6S. The van der Waals surface area contributed by atoms with Crippen LogP contribution in [-0.2, 0) is 14.4 Å². The standard InChI is InChI=1S/C17H32N2O6S/c1-12(10-14(22)23)5-8-26-9-7-18-13(21)4-6-19-16(25)15(24)17(2,3)11-20/h12,15,20,24H,4-11H2,1-3H3,(H,18,21)(H,19,25)(H,22,23). The molecule has 5 N–H and O–H groups in total. The first-order chi connectivity index (χ1) is 12.1. The van der Waals surface area contributed by atoms with Crippen molar-refractivity contribution in [1.29, 1.82) is 0 Å². The Morgan fingerprint density at radius 2 is 1.77 bits per heavy atom. The average molecular weight is 393 g/mol. The van der Waals surface area contributed by atoms with E-state index in [9.17, 15) is 19.5 Å². The molecule has 0 aliphatic rings. The van der Waals surface area contributed by atoms with Crippen LogP contribution in [-0.4, -0.2) is 70.4 Å². The number of carbonyl (C=O) groups is 3. The molecule has 0 radical (unpaired) electrons. The molecule has 8 nitrogen and oxygen atoms in total. The highest BCUT2D eigenvalue weighted by molar-refractivity contribution is 7.99. The monoisotopic (exact) mass is 392 g/mol. The van der Waals surface area contributed by atoms with Crippen LogP contribution in [0, 0.1) is 11.3 Å². The fourth-order valence-electron chi connectivity index (χ4n) is 1.98. The summed E-state index contributed by atoms with van der Waals surface area (Å²) in [6.45, 7) is 5.35. The fraction of sp³-hybridized carbons (Fsp3) is 0.824. The molecular weight excluding hydrogens is 360 g/mol. The van der Waals surface area contributed by atoms with Gasteiger partial charge in [-0.05, 0) is 18.1 Å². The Balaban J connectivity index is 3.72. The fourth-order valence-corrected chi connectivity index (χ4v) is 2.99. The Hall–Kier alpha value is -1.32. The summed E-state index contributed by atoms with van der Waals surface area (Å²) in [6, 6.07) is 0. The maximum Gasteiger partial charge on any atom is 0.303 e. The zero-order valence-electron chi connectivity index (χ0n) is 15.8. The highest BCUT2D eigenvalue weighted by atomic mass is 32.2. The third-order valence-electron chi connectivity index (χ3n) is 3.89. The van der Waals surface area contributed by atoms with E-state index in [1.807, 2.05) is 6.92 Å². The van der Waals surface area contributed by atoms with Gasteiger partial charge in [0.2, 0.25) is 11.8 Å². The Bertz CT molecular complexity index is 459. The second-order valence-corrected chi connectivity index (χ2v) is 8.27. The Morgan fingerprint density at radius 3 is 2.35 bits per heavy atom. The van der Waals surface area contributed by atoms with E-state index >= 15 is 0 Å². The van der Waals surface area contributed by atoms with Gasteiger partial charge in [-0.15, -0.1) is 0 Å². The van der Waals surface area contributed by atoms with Gasteiger partial charge in [-0.1, -0.05) is 20.8 Å². The summed E-state index contributed by atoms with van der Waals surface area (Å²) < 4.78 is 0. The number of nitrogens with one attached hydrogen (secondary N) is 2. The van der Waals surface area contributed by atoms with E-state index in [0.717, 1.165) is 17.9 Å². The van der Waals surface area contributed by atoms with Crippen molar-refractivity contribution in [2.75, 3.05) is 31.2 Å². The summed E-state index contributed by atoms with van der Waals surface area (Å²) in [5, 5.41) is 32.8. The smallest absolute Gasteiger partial charge is 0.303 e. The molecule has 0 aliphatic heterocycles. The first-order valence-corrected chi connectivity index (χ1v) is 9.88. The van der Waals surface area contributed by atoms with Crippen molar-refractivity contribution in [3.05, 3.63) is 0 Å². The second kappa shape index (κ2) is 12.9. The largest absolute Gasteiger partial charge is 0.481 e. The molecule has 0 aromatic heterocycles. The molecule has 0 aromatic rings. The number of aliphatic carboxylic acids is 1. The molecule has 2 atom stereocenters. The SMILES string of the molecule is CC(CCSCCNC(=O)CCNC(=O)C(O)C(C)(C)CO)CC(=O)O. The van der Waals surface area contributed by atoms with E-state index in [0.29, 0.717) is 6.54 Å². The number of aliphatic hydroxyl groups is 2. The normalized spacial score (nSPS) is 13.7. The van der Waals surface area contributed by atoms with Gasteiger partial charge in [0, 0.05) is 37.1 Å². The minimum atomic E-state index is -1.34. The lowest BCUT2D eigenvalue weighted by molar-refractivity contribution is -0.138. The lowest BCUT2D eigenvalue weighted by Gasteiger charge is -2.27. The van der Waals surface area contributed by atoms with Gasteiger partial charge in [0.15, 0.2) is 0 Å². The molecule has 0 spiro atoms. The zero-order valence-corrected chi connectivity index (χ0v) is 16.6. The van der Waals surface area contributed by atoms with Crippen LogP contribution in [0.15, 0.2) is 0 Å². The predicted molar refractivity (Wildman–Crippen MR) is 101 cm³/mol. The van der Waals surface area contributed by atoms with Gasteiger partial charge in [0.1, 0.15) is 6.10 Å². The van der Waals surface area contributed by atoms with Crippen LogP contribution in [0.3, 0.4) is 0 Å². The van der Waals surface area contributed by atoms with Gasteiger partial charge in [-0.2, -0.15) is 11.8 Å². The number of rotatable bonds is 14. The van der Waals surface area contributed by atoms with Crippen LogP contribution < -0.4 is 10.6 Å². The summed E-state index contributed by atoms with van der Waals surface area (Å²) in [7, 11) is 0. The molecule has 0 aliphatic carbocycles. The molecule has 0 bridgehead atoms. The van der Waals surface area contributed by atoms with Crippen molar-refractivity contribution < 1.29 is 29.7 Å². The maximum absolute atomic E-state index is 11.7. The van der Waals surface area contributed by atoms with E-state index in [1.165, 1.54) is 0 Å².